The van der Waals surface area contributed by atoms with Crippen LogP contribution in [0.5, 0.6) is 0 Å². The number of hydrogen-bond donors (Lipinski definition) is 0. The molecule has 1 aliphatic heterocycles. The number of nitrogens with zero attached hydrogens (tertiary/aromatic N) is 1. The van der Waals surface area contributed by atoms with Crippen LogP contribution in [0, 0.1) is 11.3 Å². The molecule has 0 aromatic rings. The van der Waals surface area contributed by atoms with Crippen LogP contribution in [0.15, 0.2) is 0 Å². The van der Waals surface area contributed by atoms with E-state index < -0.39 is 0 Å². The molecule has 1 unspecified atom stereocenters. The van der Waals surface area contributed by atoms with E-state index in [0.717, 1.165) is 5.92 Å². The molecule has 0 aromatic heterocycles. The molecule has 112 valence electrons. The first-order valence-corrected chi connectivity index (χ1v) is 8.24. The summed E-state index contributed by atoms with van der Waals surface area (Å²) in [6.45, 7) is 17.8. The zero-order valence-electron chi connectivity index (χ0n) is 14.5. The Hall–Kier alpha value is -0.0400. The van der Waals surface area contributed by atoms with Crippen LogP contribution >= 0.6 is 0 Å². The Labute approximate surface area is 117 Å². The van der Waals surface area contributed by atoms with Gasteiger partial charge in [0.15, 0.2) is 0 Å². The average molecular weight is 258 g/mol. The molecule has 1 rings (SSSR count). The highest BCUT2D eigenvalue weighted by Crippen LogP contribution is 2.36. The van der Waals surface area contributed by atoms with Crippen LogP contribution in [0.1, 0.15) is 80.6 Å². The molecule has 0 aromatic carbocycles. The molecule has 0 spiro atoms. The second-order valence-corrected chi connectivity index (χ2v) is 5.67. The van der Waals surface area contributed by atoms with Crippen molar-refractivity contribution < 1.29 is 0 Å². The predicted molar refractivity (Wildman–Crippen MR) is 86.2 cm³/mol. The summed E-state index contributed by atoms with van der Waals surface area (Å²) in [6, 6.07) is 0. The van der Waals surface area contributed by atoms with Crippen molar-refractivity contribution in [1.82, 2.24) is 4.90 Å². The van der Waals surface area contributed by atoms with Crippen molar-refractivity contribution in [2.24, 2.45) is 11.3 Å². The summed E-state index contributed by atoms with van der Waals surface area (Å²) >= 11 is 0. The molecule has 1 saturated heterocycles. The molecule has 1 atom stereocenters. The van der Waals surface area contributed by atoms with E-state index >= 15 is 0 Å². The fourth-order valence-corrected chi connectivity index (χ4v) is 2.21. The summed E-state index contributed by atoms with van der Waals surface area (Å²) in [5, 5.41) is 0. The minimum Gasteiger partial charge on any atom is -0.306 e. The first-order chi connectivity index (χ1) is 8.56. The molecule has 0 N–H and O–H groups in total. The van der Waals surface area contributed by atoms with E-state index in [1.807, 2.05) is 27.7 Å². The van der Waals surface area contributed by atoms with Crippen molar-refractivity contribution in [3.63, 3.8) is 0 Å². The van der Waals surface area contributed by atoms with Gasteiger partial charge in [-0.3, -0.25) is 0 Å². The van der Waals surface area contributed by atoms with E-state index in [0.29, 0.717) is 5.41 Å². The van der Waals surface area contributed by atoms with Gasteiger partial charge < -0.3 is 4.90 Å². The third kappa shape index (κ3) is 8.97. The van der Waals surface area contributed by atoms with Gasteiger partial charge in [-0.2, -0.15) is 0 Å². The highest BCUT2D eigenvalue weighted by atomic mass is 15.1. The lowest BCUT2D eigenvalue weighted by molar-refractivity contribution is 0.122. The number of likely N-dealkylation sites (tertiary alicyclic amines) is 1. The summed E-state index contributed by atoms with van der Waals surface area (Å²) in [5.74, 6) is 0.923. The number of hydrogen-bond acceptors (Lipinski definition) is 1. The third-order valence-electron chi connectivity index (χ3n) is 4.13. The molecule has 0 amide bonds. The summed E-state index contributed by atoms with van der Waals surface area (Å²) < 4.78 is 0. The van der Waals surface area contributed by atoms with E-state index in [-0.39, 0.29) is 0 Å². The van der Waals surface area contributed by atoms with E-state index in [1.54, 1.807) is 0 Å². The molecule has 1 heterocycles. The summed E-state index contributed by atoms with van der Waals surface area (Å²) in [7, 11) is 2.24. The summed E-state index contributed by atoms with van der Waals surface area (Å²) in [5.41, 5.74) is 0.649. The monoisotopic (exact) mass is 257 g/mol. The van der Waals surface area contributed by atoms with Gasteiger partial charge in [0, 0.05) is 0 Å². The minimum absolute atomic E-state index is 0.649. The Morgan fingerprint density at radius 3 is 1.89 bits per heavy atom. The van der Waals surface area contributed by atoms with Crippen molar-refractivity contribution >= 4 is 0 Å². The first-order valence-electron chi connectivity index (χ1n) is 8.24. The second-order valence-electron chi connectivity index (χ2n) is 5.67. The Morgan fingerprint density at radius 1 is 1.06 bits per heavy atom. The van der Waals surface area contributed by atoms with Crippen molar-refractivity contribution in [3.8, 4) is 0 Å². The molecule has 1 fully saturated rings. The van der Waals surface area contributed by atoms with Gasteiger partial charge in [0.05, 0.1) is 0 Å². The standard InChI is InChI=1S/C13H27N.2C2H6/c1-5-12(2)6-7-13(3)8-10-14(4)11-9-13;2*1-2/h12H,5-11H2,1-4H3;2*1-2H3. The van der Waals surface area contributed by atoms with Crippen LogP contribution in [0.25, 0.3) is 0 Å². The maximum Gasteiger partial charge on any atom is -0.00166 e. The van der Waals surface area contributed by atoms with Crippen molar-refractivity contribution in [3.05, 3.63) is 0 Å². The quantitative estimate of drug-likeness (QED) is 0.634. The van der Waals surface area contributed by atoms with Crippen LogP contribution in [0.3, 0.4) is 0 Å². The SMILES string of the molecule is CC.CC.CCC(C)CCC1(C)CCN(C)CC1. The van der Waals surface area contributed by atoms with Crippen LogP contribution in [-0.2, 0) is 0 Å². The van der Waals surface area contributed by atoms with Crippen molar-refractivity contribution in [1.29, 1.82) is 0 Å². The number of rotatable bonds is 4. The molecular formula is C17H39N. The first kappa shape index (κ1) is 20.3. The predicted octanol–water partition coefficient (Wildman–Crippen LogP) is 5.60. The molecule has 0 saturated carbocycles. The van der Waals surface area contributed by atoms with Gasteiger partial charge in [-0.25, -0.2) is 0 Å². The molecule has 0 radical (unpaired) electrons. The Morgan fingerprint density at radius 2 is 1.50 bits per heavy atom. The van der Waals surface area contributed by atoms with Crippen LogP contribution < -0.4 is 0 Å². The van der Waals surface area contributed by atoms with Gasteiger partial charge in [0.25, 0.3) is 0 Å². The fourth-order valence-electron chi connectivity index (χ4n) is 2.21. The van der Waals surface area contributed by atoms with Gasteiger partial charge in [-0.15, -0.1) is 0 Å². The van der Waals surface area contributed by atoms with Crippen LogP contribution in [-0.4, -0.2) is 25.0 Å². The molecule has 1 nitrogen and oxygen atoms in total. The van der Waals surface area contributed by atoms with Gasteiger partial charge in [0.2, 0.25) is 0 Å². The zero-order chi connectivity index (χ0) is 14.6. The van der Waals surface area contributed by atoms with Crippen LogP contribution in [0.4, 0.5) is 0 Å². The summed E-state index contributed by atoms with van der Waals surface area (Å²) in [6.07, 6.45) is 7.02. The lowest BCUT2D eigenvalue weighted by Gasteiger charge is -2.38. The Kier molecular flexibility index (Phi) is 13.5. The smallest absolute Gasteiger partial charge is 0.00166 e. The fraction of sp³-hybridized carbons (Fsp3) is 1.00. The molecule has 18 heavy (non-hydrogen) atoms. The van der Waals surface area contributed by atoms with E-state index in [1.165, 1.54) is 45.2 Å². The molecular weight excluding hydrogens is 218 g/mol. The van der Waals surface area contributed by atoms with Gasteiger partial charge in [-0.05, 0) is 50.7 Å². The molecule has 0 bridgehead atoms. The van der Waals surface area contributed by atoms with Crippen LogP contribution in [0.2, 0.25) is 0 Å². The second kappa shape index (κ2) is 12.0. The third-order valence-corrected chi connectivity index (χ3v) is 4.13. The summed E-state index contributed by atoms with van der Waals surface area (Å²) in [4.78, 5) is 2.46. The Bertz CT molecular complexity index is 157. The van der Waals surface area contributed by atoms with E-state index in [9.17, 15) is 0 Å². The highest BCUT2D eigenvalue weighted by molar-refractivity contribution is 4.81. The average Bonchev–Trinajstić information content (AvgIpc) is 2.44. The molecule has 0 aliphatic carbocycles. The molecule has 1 heteroatoms. The lowest BCUT2D eigenvalue weighted by Crippen LogP contribution is -2.36. The lowest BCUT2D eigenvalue weighted by atomic mass is 9.75. The zero-order valence-corrected chi connectivity index (χ0v) is 14.5. The van der Waals surface area contributed by atoms with Crippen molar-refractivity contribution in [2.45, 2.75) is 80.6 Å². The van der Waals surface area contributed by atoms with Gasteiger partial charge >= 0.3 is 0 Å². The maximum atomic E-state index is 2.49. The topological polar surface area (TPSA) is 3.24 Å². The van der Waals surface area contributed by atoms with E-state index in [4.69, 9.17) is 0 Å². The van der Waals surface area contributed by atoms with E-state index in [2.05, 4.69) is 32.7 Å². The minimum atomic E-state index is 0.649. The van der Waals surface area contributed by atoms with Gasteiger partial charge in [0.1, 0.15) is 0 Å². The maximum absolute atomic E-state index is 2.49. The number of piperidine rings is 1. The largest absolute Gasteiger partial charge is 0.306 e. The van der Waals surface area contributed by atoms with Gasteiger partial charge in [-0.1, -0.05) is 61.3 Å². The normalized spacial score (nSPS) is 20.0. The Balaban J connectivity index is 0. The van der Waals surface area contributed by atoms with Crippen molar-refractivity contribution in [2.75, 3.05) is 20.1 Å². The highest BCUT2D eigenvalue weighted by Gasteiger charge is 2.28. The molecule has 1 aliphatic rings.